The lowest BCUT2D eigenvalue weighted by Crippen LogP contribution is -2.11. The second kappa shape index (κ2) is 2.81. The number of carbonyl (C=O) groups is 1. The molecule has 0 spiro atoms. The van der Waals surface area contributed by atoms with E-state index in [1.54, 1.807) is 12.3 Å². The van der Waals surface area contributed by atoms with Crippen LogP contribution in [0.5, 0.6) is 0 Å². The first-order valence-electron chi connectivity index (χ1n) is 3.48. The number of H-pyrrole nitrogens is 1. The molecule has 0 aliphatic rings. The summed E-state index contributed by atoms with van der Waals surface area (Å²) < 4.78 is 0.781. The normalized spacial score (nSPS) is 10.5. The maximum Gasteiger partial charge on any atom is 0.269 e. The molecule has 0 unspecified atom stereocenters. The fraction of sp³-hybridized carbons (Fsp3) is 0. The van der Waals surface area contributed by atoms with Crippen LogP contribution in [-0.2, 0) is 0 Å². The number of pyridine rings is 1. The summed E-state index contributed by atoms with van der Waals surface area (Å²) in [5, 5.41) is 6.99. The number of nitrogens with one attached hydrogen (secondary N) is 1. The Morgan fingerprint density at radius 2 is 2.38 bits per heavy atom. The largest absolute Gasteiger partial charge is 0.364 e. The van der Waals surface area contributed by atoms with Crippen LogP contribution in [0.3, 0.4) is 0 Å². The molecule has 13 heavy (non-hydrogen) atoms. The van der Waals surface area contributed by atoms with Gasteiger partial charge in [-0.3, -0.25) is 9.89 Å². The lowest BCUT2D eigenvalue weighted by atomic mass is 10.2. The lowest BCUT2D eigenvalue weighted by Gasteiger charge is -1.90. The molecule has 0 fully saturated rings. The molecule has 5 nitrogen and oxygen atoms in total. The number of fused-ring (bicyclic) bond motifs is 1. The Balaban J connectivity index is 2.79. The smallest absolute Gasteiger partial charge is 0.269 e. The van der Waals surface area contributed by atoms with E-state index in [1.807, 2.05) is 0 Å². The molecule has 0 atom stereocenters. The van der Waals surface area contributed by atoms with Crippen LogP contribution in [0.2, 0.25) is 0 Å². The maximum atomic E-state index is 10.9. The number of aromatic amines is 1. The van der Waals surface area contributed by atoms with Gasteiger partial charge >= 0.3 is 0 Å². The van der Waals surface area contributed by atoms with Crippen molar-refractivity contribution >= 4 is 32.9 Å². The molecule has 2 rings (SSSR count). The first-order valence-corrected chi connectivity index (χ1v) is 4.27. The lowest BCUT2D eigenvalue weighted by molar-refractivity contribution is 0.0997. The summed E-state index contributed by atoms with van der Waals surface area (Å²) in [7, 11) is 0. The van der Waals surface area contributed by atoms with Crippen molar-refractivity contribution in [2.45, 2.75) is 0 Å². The molecule has 0 saturated carbocycles. The fourth-order valence-electron chi connectivity index (χ4n) is 1.07. The predicted molar refractivity (Wildman–Crippen MR) is 50.1 cm³/mol. The third-order valence-corrected chi connectivity index (χ3v) is 2.05. The van der Waals surface area contributed by atoms with Crippen molar-refractivity contribution < 1.29 is 4.79 Å². The van der Waals surface area contributed by atoms with Gasteiger partial charge in [0.1, 0.15) is 0 Å². The van der Waals surface area contributed by atoms with E-state index >= 15 is 0 Å². The fourth-order valence-corrected chi connectivity index (χ4v) is 1.40. The van der Waals surface area contributed by atoms with Crippen LogP contribution in [0.15, 0.2) is 16.7 Å². The Bertz CT molecular complexity index is 478. The highest BCUT2D eigenvalue weighted by atomic mass is 79.9. The highest BCUT2D eigenvalue weighted by Crippen LogP contribution is 2.17. The standard InChI is InChI=1S/C7H5BrN4O/c8-3-1-4-5(6(9)13)11-12-7(4)10-2-3/h1-2H,(H2,9,13)(H,10,11,12). The molecule has 1 amide bonds. The van der Waals surface area contributed by atoms with Crippen molar-refractivity contribution in [3.05, 3.63) is 22.4 Å². The second-order valence-corrected chi connectivity index (χ2v) is 3.40. The first-order chi connectivity index (χ1) is 6.18. The van der Waals surface area contributed by atoms with Gasteiger partial charge in [0.2, 0.25) is 0 Å². The molecule has 3 N–H and O–H groups in total. The minimum atomic E-state index is -0.564. The van der Waals surface area contributed by atoms with Gasteiger partial charge in [0.05, 0.1) is 5.39 Å². The average molecular weight is 241 g/mol. The minimum absolute atomic E-state index is 0.212. The quantitative estimate of drug-likeness (QED) is 0.774. The Labute approximate surface area is 81.5 Å². The Hall–Kier alpha value is -1.43. The van der Waals surface area contributed by atoms with E-state index in [2.05, 4.69) is 31.1 Å². The van der Waals surface area contributed by atoms with Crippen LogP contribution in [-0.4, -0.2) is 21.1 Å². The van der Waals surface area contributed by atoms with Crippen LogP contribution in [0.4, 0.5) is 0 Å². The molecule has 2 aromatic rings. The third kappa shape index (κ3) is 1.29. The van der Waals surface area contributed by atoms with E-state index in [9.17, 15) is 4.79 Å². The van der Waals surface area contributed by atoms with E-state index in [1.165, 1.54) is 0 Å². The summed E-state index contributed by atoms with van der Waals surface area (Å²) in [6.07, 6.45) is 1.62. The third-order valence-electron chi connectivity index (χ3n) is 1.62. The van der Waals surface area contributed by atoms with Gasteiger partial charge in [-0.15, -0.1) is 0 Å². The van der Waals surface area contributed by atoms with Crippen molar-refractivity contribution in [1.29, 1.82) is 0 Å². The van der Waals surface area contributed by atoms with E-state index in [0.29, 0.717) is 11.0 Å². The number of carbonyl (C=O) groups excluding carboxylic acids is 1. The van der Waals surface area contributed by atoms with Gasteiger partial charge in [0, 0.05) is 10.7 Å². The van der Waals surface area contributed by atoms with Crippen LogP contribution in [0.1, 0.15) is 10.5 Å². The number of rotatable bonds is 1. The number of amides is 1. The summed E-state index contributed by atoms with van der Waals surface area (Å²) in [4.78, 5) is 14.9. The highest BCUT2D eigenvalue weighted by molar-refractivity contribution is 9.10. The molecule has 0 aromatic carbocycles. The van der Waals surface area contributed by atoms with Gasteiger partial charge in [0.25, 0.3) is 5.91 Å². The van der Waals surface area contributed by atoms with E-state index in [0.717, 1.165) is 4.47 Å². The Kier molecular flexibility index (Phi) is 1.77. The number of nitrogens with two attached hydrogens (primary N) is 1. The van der Waals surface area contributed by atoms with Crippen LogP contribution in [0, 0.1) is 0 Å². The van der Waals surface area contributed by atoms with Crippen molar-refractivity contribution in [3.8, 4) is 0 Å². The summed E-state index contributed by atoms with van der Waals surface area (Å²) >= 11 is 3.24. The van der Waals surface area contributed by atoms with Gasteiger partial charge < -0.3 is 5.73 Å². The monoisotopic (exact) mass is 240 g/mol. The van der Waals surface area contributed by atoms with E-state index in [-0.39, 0.29) is 5.69 Å². The number of halogens is 1. The Morgan fingerprint density at radius 3 is 3.08 bits per heavy atom. The molecule has 0 radical (unpaired) electrons. The molecule has 6 heteroatoms. The molecule has 0 bridgehead atoms. The molecule has 0 aliphatic heterocycles. The van der Waals surface area contributed by atoms with Gasteiger partial charge in [-0.2, -0.15) is 5.10 Å². The first kappa shape index (κ1) is 8.18. The van der Waals surface area contributed by atoms with Crippen molar-refractivity contribution in [2.24, 2.45) is 5.73 Å². The number of hydrogen-bond donors (Lipinski definition) is 2. The number of nitrogens with zero attached hydrogens (tertiary/aromatic N) is 2. The SMILES string of the molecule is NC(=O)c1n[nH]c2ncc(Br)cc12. The number of primary amides is 1. The van der Waals surface area contributed by atoms with Gasteiger partial charge in [0.15, 0.2) is 11.3 Å². The zero-order valence-corrected chi connectivity index (χ0v) is 8.00. The molecule has 2 aromatic heterocycles. The molecule has 0 aliphatic carbocycles. The average Bonchev–Trinajstić information content (AvgIpc) is 2.46. The maximum absolute atomic E-state index is 10.9. The van der Waals surface area contributed by atoms with Crippen LogP contribution < -0.4 is 5.73 Å². The van der Waals surface area contributed by atoms with Gasteiger partial charge in [-0.05, 0) is 22.0 Å². The van der Waals surface area contributed by atoms with Gasteiger partial charge in [-0.1, -0.05) is 0 Å². The molecular weight excluding hydrogens is 236 g/mol. The molecular formula is C7H5BrN4O. The van der Waals surface area contributed by atoms with E-state index in [4.69, 9.17) is 5.73 Å². The van der Waals surface area contributed by atoms with Crippen LogP contribution in [0.25, 0.3) is 11.0 Å². The number of hydrogen-bond acceptors (Lipinski definition) is 3. The zero-order chi connectivity index (χ0) is 9.42. The topological polar surface area (TPSA) is 84.7 Å². The van der Waals surface area contributed by atoms with Crippen LogP contribution >= 0.6 is 15.9 Å². The summed E-state index contributed by atoms with van der Waals surface area (Å²) in [5.41, 5.74) is 5.87. The summed E-state index contributed by atoms with van der Waals surface area (Å²) in [5.74, 6) is -0.564. The summed E-state index contributed by atoms with van der Waals surface area (Å²) in [6.45, 7) is 0. The van der Waals surface area contributed by atoms with Crippen molar-refractivity contribution in [3.63, 3.8) is 0 Å². The molecule has 2 heterocycles. The zero-order valence-electron chi connectivity index (χ0n) is 6.41. The van der Waals surface area contributed by atoms with Gasteiger partial charge in [-0.25, -0.2) is 4.98 Å². The summed E-state index contributed by atoms with van der Waals surface area (Å²) in [6, 6.07) is 1.74. The minimum Gasteiger partial charge on any atom is -0.364 e. The van der Waals surface area contributed by atoms with Crippen molar-refractivity contribution in [1.82, 2.24) is 15.2 Å². The second-order valence-electron chi connectivity index (χ2n) is 2.49. The molecule has 0 saturated heterocycles. The molecule has 66 valence electrons. The van der Waals surface area contributed by atoms with E-state index < -0.39 is 5.91 Å². The highest BCUT2D eigenvalue weighted by Gasteiger charge is 2.11. The van der Waals surface area contributed by atoms with Crippen molar-refractivity contribution in [2.75, 3.05) is 0 Å². The number of aromatic nitrogens is 3. The predicted octanol–water partition coefficient (Wildman–Crippen LogP) is 0.819. The Morgan fingerprint density at radius 1 is 1.62 bits per heavy atom.